The third kappa shape index (κ3) is 4.01. The van der Waals surface area contributed by atoms with Crippen molar-refractivity contribution in [3.63, 3.8) is 0 Å². The van der Waals surface area contributed by atoms with Crippen LogP contribution >= 0.6 is 22.9 Å². The molecule has 0 fully saturated rings. The van der Waals surface area contributed by atoms with E-state index in [0.717, 1.165) is 24.3 Å². The summed E-state index contributed by atoms with van der Waals surface area (Å²) in [6.07, 6.45) is 0.179. The predicted molar refractivity (Wildman–Crippen MR) is 103 cm³/mol. The van der Waals surface area contributed by atoms with Crippen LogP contribution in [0.5, 0.6) is 5.88 Å². The van der Waals surface area contributed by atoms with Gasteiger partial charge in [0.05, 0.1) is 12.8 Å². The number of fused-ring (bicyclic) bond motifs is 1. The summed E-state index contributed by atoms with van der Waals surface area (Å²) in [4.78, 5) is 17.1. The molecule has 4 aromatic rings. The molecule has 0 aliphatic rings. The Labute approximate surface area is 172 Å². The minimum atomic E-state index is -3.46. The van der Waals surface area contributed by atoms with Crippen molar-refractivity contribution in [2.45, 2.75) is 12.3 Å². The lowest BCUT2D eigenvalue weighted by molar-refractivity contribution is 0.0377. The number of thiazole rings is 1. The van der Waals surface area contributed by atoms with Crippen molar-refractivity contribution < 1.29 is 17.9 Å². The van der Waals surface area contributed by atoms with Gasteiger partial charge in [-0.3, -0.25) is 0 Å². The van der Waals surface area contributed by atoms with Crippen LogP contribution in [0.2, 0.25) is 5.28 Å². The highest BCUT2D eigenvalue weighted by Crippen LogP contribution is 2.35. The van der Waals surface area contributed by atoms with Crippen LogP contribution in [0.15, 0.2) is 42.5 Å². The second-order valence-corrected chi connectivity index (χ2v) is 7.46. The van der Waals surface area contributed by atoms with E-state index in [1.165, 1.54) is 24.5 Å². The lowest BCUT2D eigenvalue weighted by atomic mass is 10.0. The van der Waals surface area contributed by atoms with Gasteiger partial charge in [-0.05, 0) is 48.0 Å². The summed E-state index contributed by atoms with van der Waals surface area (Å²) in [7, 11) is 1.52. The maximum absolute atomic E-state index is 14.9. The molecule has 0 unspecified atom stereocenters. The molecule has 148 valence electrons. The summed E-state index contributed by atoms with van der Waals surface area (Å²) in [6, 6.07) is 8.59. The van der Waals surface area contributed by atoms with E-state index in [0.29, 0.717) is 21.2 Å². The van der Waals surface area contributed by atoms with Crippen molar-refractivity contribution in [2.75, 3.05) is 7.11 Å². The van der Waals surface area contributed by atoms with Gasteiger partial charge in [-0.1, -0.05) is 11.3 Å². The van der Waals surface area contributed by atoms with Crippen LogP contribution in [-0.4, -0.2) is 27.0 Å². The largest absolute Gasteiger partial charge is 0.481 e. The normalized spacial score (nSPS) is 11.8. The second kappa shape index (κ2) is 7.57. The lowest BCUT2D eigenvalue weighted by Crippen LogP contribution is -2.18. The van der Waals surface area contributed by atoms with Gasteiger partial charge >= 0.3 is 5.92 Å². The van der Waals surface area contributed by atoms with Gasteiger partial charge in [-0.15, -0.1) is 0 Å². The van der Waals surface area contributed by atoms with Crippen LogP contribution in [0.1, 0.15) is 22.0 Å². The molecule has 0 amide bonds. The molecule has 4 rings (SSSR count). The molecule has 0 saturated heterocycles. The van der Waals surface area contributed by atoms with Crippen LogP contribution in [0.3, 0.4) is 0 Å². The number of nitrogens with zero attached hydrogens (tertiary/aromatic N) is 4. The lowest BCUT2D eigenvalue weighted by Gasteiger charge is -2.17. The molecular weight excluding hydrogens is 425 g/mol. The summed E-state index contributed by atoms with van der Waals surface area (Å²) in [6.45, 7) is 0. The topological polar surface area (TPSA) is 60.8 Å². The molecule has 3 heterocycles. The highest BCUT2D eigenvalue weighted by atomic mass is 35.5. The maximum atomic E-state index is 14.9. The molecule has 0 aliphatic carbocycles. The Morgan fingerprint density at radius 3 is 2.52 bits per heavy atom. The molecule has 1 aromatic carbocycles. The molecule has 5 nitrogen and oxygen atoms in total. The minimum absolute atomic E-state index is 0.179. The fourth-order valence-electron chi connectivity index (χ4n) is 2.71. The maximum Gasteiger partial charge on any atom is 0.315 e. The molecule has 0 radical (unpaired) electrons. The van der Waals surface area contributed by atoms with Gasteiger partial charge in [0.25, 0.3) is 0 Å². The number of ether oxygens (including phenoxy) is 1. The van der Waals surface area contributed by atoms with E-state index in [2.05, 4.69) is 19.9 Å². The number of pyridine rings is 1. The zero-order chi connectivity index (χ0) is 20.6. The molecule has 10 heteroatoms. The fraction of sp³-hybridized carbons (Fsp3) is 0.158. The molecule has 3 aromatic heterocycles. The molecule has 0 aliphatic heterocycles. The van der Waals surface area contributed by atoms with E-state index in [1.807, 2.05) is 0 Å². The molecule has 0 N–H and O–H groups in total. The molecule has 0 spiro atoms. The van der Waals surface area contributed by atoms with Crippen LogP contribution in [0, 0.1) is 5.82 Å². The number of aromatic nitrogens is 4. The van der Waals surface area contributed by atoms with Crippen LogP contribution in [0.25, 0.3) is 10.3 Å². The predicted octanol–water partition coefficient (Wildman–Crippen LogP) is 5.01. The third-order valence-electron chi connectivity index (χ3n) is 4.10. The summed E-state index contributed by atoms with van der Waals surface area (Å²) >= 11 is 7.20. The molecule has 29 heavy (non-hydrogen) atoms. The quantitative estimate of drug-likeness (QED) is 0.411. The number of rotatable bonds is 5. The molecule has 0 bridgehead atoms. The van der Waals surface area contributed by atoms with E-state index >= 15 is 0 Å². The summed E-state index contributed by atoms with van der Waals surface area (Å²) in [5.74, 6) is -3.61. The number of hydrogen-bond donors (Lipinski definition) is 0. The zero-order valence-corrected chi connectivity index (χ0v) is 16.4. The minimum Gasteiger partial charge on any atom is -0.481 e. The van der Waals surface area contributed by atoms with Gasteiger partial charge in [0.2, 0.25) is 11.2 Å². The average molecular weight is 437 g/mol. The Kier molecular flexibility index (Phi) is 5.10. The van der Waals surface area contributed by atoms with Gasteiger partial charge in [0, 0.05) is 18.1 Å². The highest BCUT2D eigenvalue weighted by Gasteiger charge is 2.36. The summed E-state index contributed by atoms with van der Waals surface area (Å²) in [5.41, 5.74) is -0.00783. The monoisotopic (exact) mass is 436 g/mol. The van der Waals surface area contributed by atoms with E-state index in [9.17, 15) is 13.2 Å². The number of benzene rings is 1. The first-order valence-electron chi connectivity index (χ1n) is 8.33. The summed E-state index contributed by atoms with van der Waals surface area (Å²) < 4.78 is 47.9. The van der Waals surface area contributed by atoms with Crippen molar-refractivity contribution in [1.29, 1.82) is 0 Å². The number of methoxy groups -OCH3 is 1. The standard InChI is InChI=1S/C19H12ClF3N4OS/c1-28-15-7-6-13-17(27-15)29-16(25-13)9-12-8-14(26-18(20)24-12)19(22,23)10-2-4-11(21)5-3-10/h2-8H,9H2,1H3. The number of halogens is 4. The van der Waals surface area contributed by atoms with Gasteiger partial charge in [0.1, 0.15) is 26.9 Å². The van der Waals surface area contributed by atoms with Crippen molar-refractivity contribution in [2.24, 2.45) is 0 Å². The van der Waals surface area contributed by atoms with E-state index in [4.69, 9.17) is 16.3 Å². The zero-order valence-electron chi connectivity index (χ0n) is 14.9. The van der Waals surface area contributed by atoms with Gasteiger partial charge in [-0.2, -0.15) is 8.78 Å². The van der Waals surface area contributed by atoms with Crippen molar-refractivity contribution in [1.82, 2.24) is 19.9 Å². The van der Waals surface area contributed by atoms with Crippen LogP contribution in [0.4, 0.5) is 13.2 Å². The average Bonchev–Trinajstić information content (AvgIpc) is 3.09. The Balaban J connectivity index is 1.67. The van der Waals surface area contributed by atoms with E-state index in [1.54, 1.807) is 12.1 Å². The molecule has 0 saturated carbocycles. The first-order chi connectivity index (χ1) is 13.8. The van der Waals surface area contributed by atoms with Gasteiger partial charge < -0.3 is 4.74 Å². The van der Waals surface area contributed by atoms with Crippen molar-refractivity contribution in [3.05, 3.63) is 75.5 Å². The second-order valence-electron chi connectivity index (χ2n) is 6.06. The Morgan fingerprint density at radius 1 is 1.03 bits per heavy atom. The fourth-order valence-corrected chi connectivity index (χ4v) is 3.85. The van der Waals surface area contributed by atoms with Crippen LogP contribution in [-0.2, 0) is 12.3 Å². The first kappa shape index (κ1) is 19.5. The smallest absolute Gasteiger partial charge is 0.315 e. The SMILES string of the molecule is COc1ccc2nc(Cc3cc(C(F)(F)c4ccc(F)cc4)nc(Cl)n3)sc2n1. The Hall–Kier alpha value is -2.78. The molecular formula is C19H12ClF3N4OS. The highest BCUT2D eigenvalue weighted by molar-refractivity contribution is 7.18. The number of hydrogen-bond acceptors (Lipinski definition) is 6. The van der Waals surface area contributed by atoms with Crippen molar-refractivity contribution >= 4 is 33.3 Å². The first-order valence-corrected chi connectivity index (χ1v) is 9.53. The Bertz CT molecular complexity index is 1180. The third-order valence-corrected chi connectivity index (χ3v) is 5.23. The molecule has 0 atom stereocenters. The Morgan fingerprint density at radius 2 is 1.79 bits per heavy atom. The van der Waals surface area contributed by atoms with Crippen LogP contribution < -0.4 is 4.74 Å². The van der Waals surface area contributed by atoms with E-state index < -0.39 is 23.0 Å². The van der Waals surface area contributed by atoms with Gasteiger partial charge in [-0.25, -0.2) is 24.3 Å². The van der Waals surface area contributed by atoms with Gasteiger partial charge in [0.15, 0.2) is 0 Å². The van der Waals surface area contributed by atoms with E-state index in [-0.39, 0.29) is 17.4 Å². The number of alkyl halides is 2. The summed E-state index contributed by atoms with van der Waals surface area (Å²) in [5, 5.41) is 0.326. The van der Waals surface area contributed by atoms with Crippen molar-refractivity contribution in [3.8, 4) is 5.88 Å².